The summed E-state index contributed by atoms with van der Waals surface area (Å²) in [7, 11) is -3.11. The second-order valence-electron chi connectivity index (χ2n) is 8.01. The van der Waals surface area contributed by atoms with E-state index in [9.17, 15) is 13.2 Å². The molecule has 34 heavy (non-hydrogen) atoms. The van der Waals surface area contributed by atoms with Crippen LogP contribution in [-0.4, -0.2) is 63.1 Å². The van der Waals surface area contributed by atoms with Crippen LogP contribution in [0.25, 0.3) is 11.2 Å². The highest BCUT2D eigenvalue weighted by Crippen LogP contribution is 2.36. The van der Waals surface area contributed by atoms with E-state index in [1.807, 2.05) is 4.90 Å². The van der Waals surface area contributed by atoms with E-state index in [2.05, 4.69) is 20.5 Å². The third-order valence-corrected chi connectivity index (χ3v) is 7.97. The number of hydrogen-bond acceptors (Lipinski definition) is 8. The number of carbonyl (C=O) groups is 1. The lowest BCUT2D eigenvalue weighted by Gasteiger charge is -2.32. The van der Waals surface area contributed by atoms with Crippen LogP contribution in [0.2, 0.25) is 10.0 Å². The standard InChI is InChI=1S/C20H20Cl2N8O3S/c1-11(26-19(31)15-17(23)27-29-4-2-3-24-18(15)29)12-9-13(21)16-14(22)10-25-30(16)20(12)28-5-7-34(32,33)8-6-28/h2-4,9-11H,5-8H2,1H3,(H2,23,27)(H,26,31). The maximum absolute atomic E-state index is 13.2. The molecule has 0 spiro atoms. The Bertz CT molecular complexity index is 1530. The Kier molecular flexibility index (Phi) is 5.53. The number of carbonyl (C=O) groups excluding carboxylic acids is 1. The van der Waals surface area contributed by atoms with Gasteiger partial charge < -0.3 is 16.0 Å². The Labute approximate surface area is 204 Å². The van der Waals surface area contributed by atoms with Gasteiger partial charge in [0.15, 0.2) is 21.3 Å². The zero-order chi connectivity index (χ0) is 24.2. The molecule has 1 aliphatic rings. The van der Waals surface area contributed by atoms with E-state index in [1.165, 1.54) is 10.7 Å². The van der Waals surface area contributed by atoms with Gasteiger partial charge in [-0.1, -0.05) is 23.2 Å². The fourth-order valence-corrected chi connectivity index (χ4v) is 5.90. The van der Waals surface area contributed by atoms with Gasteiger partial charge in [-0.3, -0.25) is 4.79 Å². The Morgan fingerprint density at radius 3 is 2.71 bits per heavy atom. The molecule has 14 heteroatoms. The molecule has 1 aliphatic heterocycles. The van der Waals surface area contributed by atoms with Crippen molar-refractivity contribution in [2.24, 2.45) is 0 Å². The Morgan fingerprint density at radius 1 is 1.24 bits per heavy atom. The lowest BCUT2D eigenvalue weighted by atomic mass is 10.1. The van der Waals surface area contributed by atoms with Gasteiger partial charge in [-0.15, -0.1) is 5.10 Å². The largest absolute Gasteiger partial charge is 0.381 e. The van der Waals surface area contributed by atoms with Crippen molar-refractivity contribution in [3.63, 3.8) is 0 Å². The highest BCUT2D eigenvalue weighted by molar-refractivity contribution is 7.91. The van der Waals surface area contributed by atoms with Crippen molar-refractivity contribution < 1.29 is 13.2 Å². The molecule has 5 heterocycles. The molecule has 1 saturated heterocycles. The number of rotatable bonds is 4. The first-order chi connectivity index (χ1) is 16.2. The summed E-state index contributed by atoms with van der Waals surface area (Å²) in [5.41, 5.74) is 7.64. The number of halogens is 2. The molecule has 4 aromatic rings. The molecule has 1 unspecified atom stereocenters. The zero-order valence-electron chi connectivity index (χ0n) is 17.9. The number of pyridine rings is 1. The molecule has 0 aliphatic carbocycles. The minimum absolute atomic E-state index is 0.0108. The highest BCUT2D eigenvalue weighted by Gasteiger charge is 2.29. The number of hydrogen-bond donors (Lipinski definition) is 2. The average Bonchev–Trinajstić information content (AvgIpc) is 3.33. The third kappa shape index (κ3) is 3.81. The topological polar surface area (TPSA) is 140 Å². The third-order valence-electron chi connectivity index (χ3n) is 5.80. The molecule has 5 rings (SSSR count). The molecule has 0 saturated carbocycles. The second-order valence-corrected chi connectivity index (χ2v) is 11.1. The SMILES string of the molecule is CC(NC(=O)c1c(N)nn2cccnc12)c1cc(Cl)c2c(Cl)cnn2c1N1CCS(=O)(=O)CC1. The van der Waals surface area contributed by atoms with Crippen molar-refractivity contribution in [2.45, 2.75) is 13.0 Å². The maximum atomic E-state index is 13.2. The fourth-order valence-electron chi connectivity index (χ4n) is 4.12. The summed E-state index contributed by atoms with van der Waals surface area (Å²) in [4.78, 5) is 19.3. The minimum Gasteiger partial charge on any atom is -0.381 e. The molecule has 1 amide bonds. The first-order valence-corrected chi connectivity index (χ1v) is 12.9. The molecule has 0 bridgehead atoms. The Morgan fingerprint density at radius 2 is 1.97 bits per heavy atom. The summed E-state index contributed by atoms with van der Waals surface area (Å²) >= 11 is 12.8. The van der Waals surface area contributed by atoms with E-state index < -0.39 is 21.8 Å². The second kappa shape index (κ2) is 8.29. The molecule has 0 aromatic carbocycles. The predicted octanol–water partition coefficient (Wildman–Crippen LogP) is 1.99. The summed E-state index contributed by atoms with van der Waals surface area (Å²) in [6.45, 7) is 2.34. The van der Waals surface area contributed by atoms with Gasteiger partial charge >= 0.3 is 0 Å². The van der Waals surface area contributed by atoms with Crippen LogP contribution in [0, 0.1) is 0 Å². The van der Waals surface area contributed by atoms with E-state index in [4.69, 9.17) is 28.9 Å². The van der Waals surface area contributed by atoms with Gasteiger partial charge in [-0.05, 0) is 19.1 Å². The van der Waals surface area contributed by atoms with E-state index in [0.717, 1.165) is 0 Å². The van der Waals surface area contributed by atoms with Crippen molar-refractivity contribution in [3.05, 3.63) is 51.9 Å². The lowest BCUT2D eigenvalue weighted by molar-refractivity contribution is 0.0942. The molecule has 178 valence electrons. The summed E-state index contributed by atoms with van der Waals surface area (Å²) in [5.74, 6) is 0.228. The van der Waals surface area contributed by atoms with E-state index in [1.54, 1.807) is 36.0 Å². The van der Waals surface area contributed by atoms with Crippen LogP contribution in [0.5, 0.6) is 0 Å². The van der Waals surface area contributed by atoms with Crippen LogP contribution < -0.4 is 16.0 Å². The van der Waals surface area contributed by atoms with Gasteiger partial charge in [0.1, 0.15) is 16.9 Å². The van der Waals surface area contributed by atoms with Gasteiger partial charge in [-0.25, -0.2) is 22.4 Å². The molecule has 11 nitrogen and oxygen atoms in total. The normalized spacial score (nSPS) is 16.7. The maximum Gasteiger partial charge on any atom is 0.259 e. The molecule has 1 atom stereocenters. The molecule has 4 aromatic heterocycles. The van der Waals surface area contributed by atoms with Gasteiger partial charge in [0.05, 0.1) is 33.8 Å². The molecule has 1 fully saturated rings. The number of nitrogens with two attached hydrogens (primary N) is 1. The number of sulfone groups is 1. The number of amides is 1. The quantitative estimate of drug-likeness (QED) is 0.414. The van der Waals surface area contributed by atoms with Crippen LogP contribution in [0.4, 0.5) is 11.6 Å². The molecular weight excluding hydrogens is 503 g/mol. The monoisotopic (exact) mass is 522 g/mol. The Balaban J connectivity index is 1.56. The van der Waals surface area contributed by atoms with Crippen LogP contribution in [0.3, 0.4) is 0 Å². The fraction of sp³-hybridized carbons (Fsp3) is 0.300. The molecule has 3 N–H and O–H groups in total. The van der Waals surface area contributed by atoms with Crippen molar-refractivity contribution in [1.29, 1.82) is 0 Å². The summed E-state index contributed by atoms with van der Waals surface area (Å²) in [6, 6.07) is 2.84. The van der Waals surface area contributed by atoms with Crippen LogP contribution in [-0.2, 0) is 9.84 Å². The summed E-state index contributed by atoms with van der Waals surface area (Å²) in [6.07, 6.45) is 4.68. The number of nitrogens with zero attached hydrogens (tertiary/aromatic N) is 6. The summed E-state index contributed by atoms with van der Waals surface area (Å²) < 4.78 is 27.0. The average molecular weight is 523 g/mol. The van der Waals surface area contributed by atoms with Crippen molar-refractivity contribution >= 4 is 61.7 Å². The van der Waals surface area contributed by atoms with Crippen LogP contribution >= 0.6 is 23.2 Å². The van der Waals surface area contributed by atoms with Crippen LogP contribution in [0.1, 0.15) is 28.9 Å². The van der Waals surface area contributed by atoms with Crippen molar-refractivity contribution in [1.82, 2.24) is 29.5 Å². The number of aromatic nitrogens is 5. The number of anilines is 2. The number of nitrogens with one attached hydrogen (secondary N) is 1. The molecule has 0 radical (unpaired) electrons. The van der Waals surface area contributed by atoms with E-state index in [-0.39, 0.29) is 36.0 Å². The number of fused-ring (bicyclic) bond motifs is 2. The minimum atomic E-state index is -3.11. The van der Waals surface area contributed by atoms with Gasteiger partial charge in [0.25, 0.3) is 5.91 Å². The first-order valence-electron chi connectivity index (χ1n) is 10.4. The highest BCUT2D eigenvalue weighted by atomic mass is 35.5. The van der Waals surface area contributed by atoms with Gasteiger partial charge in [0, 0.05) is 31.0 Å². The lowest BCUT2D eigenvalue weighted by Crippen LogP contribution is -2.42. The van der Waals surface area contributed by atoms with Crippen molar-refractivity contribution in [3.8, 4) is 0 Å². The smallest absolute Gasteiger partial charge is 0.259 e. The predicted molar refractivity (Wildman–Crippen MR) is 129 cm³/mol. The van der Waals surface area contributed by atoms with Gasteiger partial charge in [0.2, 0.25) is 0 Å². The zero-order valence-corrected chi connectivity index (χ0v) is 20.3. The van der Waals surface area contributed by atoms with Crippen LogP contribution in [0.15, 0.2) is 30.7 Å². The first kappa shape index (κ1) is 22.7. The Hall–Kier alpha value is -3.09. The summed E-state index contributed by atoms with van der Waals surface area (Å²) in [5, 5.41) is 12.2. The van der Waals surface area contributed by atoms with E-state index in [0.29, 0.717) is 32.6 Å². The van der Waals surface area contributed by atoms with Gasteiger partial charge in [-0.2, -0.15) is 5.10 Å². The number of nitrogen functional groups attached to an aromatic ring is 1. The van der Waals surface area contributed by atoms with E-state index >= 15 is 0 Å². The molecular formula is C20H20Cl2N8O3S. The van der Waals surface area contributed by atoms with Crippen molar-refractivity contribution in [2.75, 3.05) is 35.2 Å².